The van der Waals surface area contributed by atoms with E-state index in [-0.39, 0.29) is 12.6 Å². The van der Waals surface area contributed by atoms with Crippen LogP contribution in [0.15, 0.2) is 23.0 Å². The van der Waals surface area contributed by atoms with Gasteiger partial charge in [0.25, 0.3) is 0 Å². The lowest BCUT2D eigenvalue weighted by Crippen LogP contribution is -2.32. The van der Waals surface area contributed by atoms with Crippen molar-refractivity contribution >= 4 is 33.8 Å². The molecule has 19 heavy (non-hydrogen) atoms. The molecular weight excluding hydrogens is 282 g/mol. The van der Waals surface area contributed by atoms with Gasteiger partial charge in [-0.1, -0.05) is 6.92 Å². The number of hydrogen-bond donors (Lipinski definition) is 3. The number of amides is 2. The zero-order chi connectivity index (χ0) is 13.7. The van der Waals surface area contributed by atoms with E-state index in [9.17, 15) is 9.90 Å². The highest BCUT2D eigenvalue weighted by Gasteiger charge is 2.10. The smallest absolute Gasteiger partial charge is 0.321 e. The molecule has 1 unspecified atom stereocenters. The summed E-state index contributed by atoms with van der Waals surface area (Å²) in [5, 5.41) is 19.4. The van der Waals surface area contributed by atoms with Gasteiger partial charge >= 0.3 is 6.03 Å². The number of aryl methyl sites for hydroxylation is 1. The first-order chi connectivity index (χ1) is 9.19. The van der Waals surface area contributed by atoms with Crippen LogP contribution in [0.25, 0.3) is 0 Å². The third kappa shape index (κ3) is 4.02. The van der Waals surface area contributed by atoms with Gasteiger partial charge in [-0.3, -0.25) is 5.32 Å². The number of aromatic nitrogens is 1. The molecule has 0 fully saturated rings. The van der Waals surface area contributed by atoms with E-state index in [2.05, 4.69) is 15.6 Å². The summed E-state index contributed by atoms with van der Waals surface area (Å²) in [5.74, 6) is 0. The number of hydrogen-bond acceptors (Lipinski definition) is 5. The molecule has 5 nitrogen and oxygen atoms in total. The first kappa shape index (κ1) is 14.0. The fourth-order valence-electron chi connectivity index (χ4n) is 1.44. The van der Waals surface area contributed by atoms with Crippen molar-refractivity contribution in [3.8, 4) is 0 Å². The summed E-state index contributed by atoms with van der Waals surface area (Å²) in [6.07, 6.45) is 1.97. The van der Waals surface area contributed by atoms with Gasteiger partial charge in [-0.2, -0.15) is 11.3 Å². The molecule has 0 spiro atoms. The number of thiophene rings is 1. The standard InChI is InChI=1S/C12H15N3O2S2/c1-2-9-5-14-12(19-9)15-11(17)13-6-10(16)8-3-4-18-7-8/h3-5,7,10,16H,2,6H2,1H3,(H2,13,14,15,17). The zero-order valence-electron chi connectivity index (χ0n) is 10.4. The lowest BCUT2D eigenvalue weighted by Gasteiger charge is -2.10. The van der Waals surface area contributed by atoms with Gasteiger partial charge in [0.15, 0.2) is 5.13 Å². The van der Waals surface area contributed by atoms with Crippen molar-refractivity contribution in [1.29, 1.82) is 0 Å². The molecule has 1 atom stereocenters. The highest BCUT2D eigenvalue weighted by Crippen LogP contribution is 2.18. The number of nitrogens with zero attached hydrogens (tertiary/aromatic N) is 1. The van der Waals surface area contributed by atoms with E-state index >= 15 is 0 Å². The van der Waals surface area contributed by atoms with Crippen LogP contribution in [-0.2, 0) is 6.42 Å². The molecule has 0 radical (unpaired) electrons. The predicted octanol–water partition coefficient (Wildman–Crippen LogP) is 2.62. The molecule has 102 valence electrons. The maximum Gasteiger partial charge on any atom is 0.321 e. The zero-order valence-corrected chi connectivity index (χ0v) is 12.1. The molecule has 7 heteroatoms. The van der Waals surface area contributed by atoms with Crippen molar-refractivity contribution in [2.45, 2.75) is 19.4 Å². The number of nitrogens with one attached hydrogen (secondary N) is 2. The number of carbonyl (C=O) groups excluding carboxylic acids is 1. The van der Waals surface area contributed by atoms with Crippen LogP contribution < -0.4 is 10.6 Å². The quantitative estimate of drug-likeness (QED) is 0.794. The maximum absolute atomic E-state index is 11.6. The van der Waals surface area contributed by atoms with E-state index in [4.69, 9.17) is 0 Å². The summed E-state index contributed by atoms with van der Waals surface area (Å²) in [7, 11) is 0. The molecule has 0 aliphatic carbocycles. The Kier molecular flexibility index (Phi) is 4.89. The van der Waals surface area contributed by atoms with E-state index in [0.29, 0.717) is 5.13 Å². The molecule has 2 amide bonds. The Balaban J connectivity index is 1.78. The third-order valence-corrected chi connectivity index (χ3v) is 4.26. The van der Waals surface area contributed by atoms with E-state index in [1.807, 2.05) is 23.8 Å². The van der Waals surface area contributed by atoms with Crippen molar-refractivity contribution in [2.24, 2.45) is 0 Å². The van der Waals surface area contributed by atoms with Crippen LogP contribution in [0.2, 0.25) is 0 Å². The summed E-state index contributed by atoms with van der Waals surface area (Å²) in [6.45, 7) is 2.21. The van der Waals surface area contributed by atoms with Crippen LogP contribution in [0.3, 0.4) is 0 Å². The van der Waals surface area contributed by atoms with E-state index in [0.717, 1.165) is 16.9 Å². The van der Waals surface area contributed by atoms with E-state index in [1.54, 1.807) is 6.20 Å². The van der Waals surface area contributed by atoms with Gasteiger partial charge in [0.05, 0.1) is 6.10 Å². The summed E-state index contributed by atoms with van der Waals surface area (Å²) >= 11 is 2.96. The minimum absolute atomic E-state index is 0.175. The van der Waals surface area contributed by atoms with Crippen LogP contribution in [0.1, 0.15) is 23.5 Å². The second-order valence-electron chi connectivity index (χ2n) is 3.89. The summed E-state index contributed by atoms with van der Waals surface area (Å²) in [6, 6.07) is 1.48. The monoisotopic (exact) mass is 297 g/mol. The van der Waals surface area contributed by atoms with Gasteiger partial charge in [-0.05, 0) is 28.8 Å². The predicted molar refractivity (Wildman–Crippen MR) is 77.8 cm³/mol. The van der Waals surface area contributed by atoms with Gasteiger partial charge in [-0.25, -0.2) is 9.78 Å². The second kappa shape index (κ2) is 6.65. The lowest BCUT2D eigenvalue weighted by molar-refractivity contribution is 0.175. The van der Waals surface area contributed by atoms with Gasteiger partial charge < -0.3 is 10.4 Å². The molecule has 0 aliphatic rings. The fraction of sp³-hybridized carbons (Fsp3) is 0.333. The number of carbonyl (C=O) groups is 1. The molecule has 0 saturated carbocycles. The van der Waals surface area contributed by atoms with Crippen molar-refractivity contribution < 1.29 is 9.90 Å². The highest BCUT2D eigenvalue weighted by atomic mass is 32.1. The van der Waals surface area contributed by atoms with Crippen LogP contribution in [0.5, 0.6) is 0 Å². The number of rotatable bonds is 5. The third-order valence-electron chi connectivity index (χ3n) is 2.51. The Morgan fingerprint density at radius 3 is 3.05 bits per heavy atom. The first-order valence-electron chi connectivity index (χ1n) is 5.88. The Bertz CT molecular complexity index is 525. The molecule has 2 rings (SSSR count). The Morgan fingerprint density at radius 2 is 2.42 bits per heavy atom. The molecule has 0 saturated heterocycles. The largest absolute Gasteiger partial charge is 0.387 e. The van der Waals surface area contributed by atoms with E-state index in [1.165, 1.54) is 22.7 Å². The minimum atomic E-state index is -0.681. The van der Waals surface area contributed by atoms with E-state index < -0.39 is 6.10 Å². The van der Waals surface area contributed by atoms with Crippen LogP contribution in [0, 0.1) is 0 Å². The fourth-order valence-corrected chi connectivity index (χ4v) is 2.90. The molecule has 0 aliphatic heterocycles. The van der Waals surface area contributed by atoms with Crippen molar-refractivity contribution in [3.63, 3.8) is 0 Å². The molecular formula is C12H15N3O2S2. The summed E-state index contributed by atoms with van der Waals surface area (Å²) < 4.78 is 0. The second-order valence-corrected chi connectivity index (χ2v) is 5.79. The normalized spacial score (nSPS) is 12.1. The molecule has 0 bridgehead atoms. The number of thiazole rings is 1. The van der Waals surface area contributed by atoms with Gasteiger partial charge in [-0.15, -0.1) is 11.3 Å². The molecule has 2 heterocycles. The number of anilines is 1. The molecule has 3 N–H and O–H groups in total. The SMILES string of the molecule is CCc1cnc(NC(=O)NCC(O)c2ccsc2)s1. The number of aliphatic hydroxyl groups is 1. The summed E-state index contributed by atoms with van der Waals surface area (Å²) in [5.41, 5.74) is 0.813. The Hall–Kier alpha value is -1.44. The van der Waals surface area contributed by atoms with Crippen LogP contribution in [-0.4, -0.2) is 22.7 Å². The van der Waals surface area contributed by atoms with Gasteiger partial charge in [0.1, 0.15) is 0 Å². The Morgan fingerprint density at radius 1 is 1.58 bits per heavy atom. The van der Waals surface area contributed by atoms with Crippen LogP contribution in [0.4, 0.5) is 9.93 Å². The Labute approximate surface area is 119 Å². The highest BCUT2D eigenvalue weighted by molar-refractivity contribution is 7.15. The average molecular weight is 297 g/mol. The molecule has 2 aromatic rings. The molecule has 2 aromatic heterocycles. The van der Waals surface area contributed by atoms with Crippen molar-refractivity contribution in [3.05, 3.63) is 33.5 Å². The minimum Gasteiger partial charge on any atom is -0.387 e. The van der Waals surface area contributed by atoms with Gasteiger partial charge in [0.2, 0.25) is 0 Å². The number of aliphatic hydroxyl groups excluding tert-OH is 1. The average Bonchev–Trinajstić information content (AvgIpc) is 3.06. The van der Waals surface area contributed by atoms with Gasteiger partial charge in [0, 0.05) is 17.6 Å². The van der Waals surface area contributed by atoms with Crippen molar-refractivity contribution in [2.75, 3.05) is 11.9 Å². The van der Waals surface area contributed by atoms with Crippen LogP contribution >= 0.6 is 22.7 Å². The lowest BCUT2D eigenvalue weighted by atomic mass is 10.2. The maximum atomic E-state index is 11.6. The molecule has 0 aromatic carbocycles. The van der Waals surface area contributed by atoms with Crippen molar-refractivity contribution in [1.82, 2.24) is 10.3 Å². The summed E-state index contributed by atoms with van der Waals surface area (Å²) in [4.78, 5) is 16.8. The first-order valence-corrected chi connectivity index (χ1v) is 7.64. The topological polar surface area (TPSA) is 74.2 Å². The number of urea groups is 1.